The summed E-state index contributed by atoms with van der Waals surface area (Å²) in [6, 6.07) is 3.63. The van der Waals surface area contributed by atoms with Crippen molar-refractivity contribution in [3.63, 3.8) is 0 Å². The Kier molecular flexibility index (Phi) is 2.84. The van der Waals surface area contributed by atoms with Gasteiger partial charge in [-0.25, -0.2) is 0 Å². The van der Waals surface area contributed by atoms with Crippen LogP contribution in [0.15, 0.2) is 22.8 Å². The van der Waals surface area contributed by atoms with Gasteiger partial charge in [-0.1, -0.05) is 0 Å². The van der Waals surface area contributed by atoms with Crippen LogP contribution in [0.25, 0.3) is 0 Å². The zero-order valence-electron chi connectivity index (χ0n) is 7.95. The number of furan rings is 1. The predicted molar refractivity (Wildman–Crippen MR) is 52.1 cm³/mol. The van der Waals surface area contributed by atoms with Crippen molar-refractivity contribution in [2.24, 2.45) is 0 Å². The number of amides is 1. The largest absolute Gasteiger partial charge is 0.459 e. The third-order valence-electron chi connectivity index (χ3n) is 2.38. The second-order valence-corrected chi connectivity index (χ2v) is 3.49. The monoisotopic (exact) mass is 194 g/mol. The lowest BCUT2D eigenvalue weighted by molar-refractivity contribution is 0.0902. The Morgan fingerprint density at radius 2 is 2.57 bits per heavy atom. The Hall–Kier alpha value is -1.29. The normalized spacial score (nSPS) is 21.9. The highest BCUT2D eigenvalue weighted by Crippen LogP contribution is 2.04. The van der Waals surface area contributed by atoms with Crippen molar-refractivity contribution in [3.05, 3.63) is 24.2 Å². The molecule has 0 radical (unpaired) electrons. The van der Waals surface area contributed by atoms with E-state index in [1.54, 1.807) is 12.1 Å². The quantitative estimate of drug-likeness (QED) is 0.730. The maximum Gasteiger partial charge on any atom is 0.287 e. The van der Waals surface area contributed by atoms with Crippen molar-refractivity contribution in [1.82, 2.24) is 10.6 Å². The number of carbonyl (C=O) groups excluding carboxylic acids is 1. The molecule has 0 spiro atoms. The molecule has 1 atom stereocenters. The minimum atomic E-state index is -0.122. The molecule has 1 aromatic rings. The van der Waals surface area contributed by atoms with Crippen LogP contribution in [-0.4, -0.2) is 25.0 Å². The summed E-state index contributed by atoms with van der Waals surface area (Å²) < 4.78 is 5.00. The van der Waals surface area contributed by atoms with Crippen LogP contribution < -0.4 is 10.6 Å². The van der Waals surface area contributed by atoms with Crippen molar-refractivity contribution < 1.29 is 9.21 Å². The van der Waals surface area contributed by atoms with Gasteiger partial charge < -0.3 is 15.1 Å². The Morgan fingerprint density at radius 3 is 3.21 bits per heavy atom. The van der Waals surface area contributed by atoms with Crippen LogP contribution in [-0.2, 0) is 0 Å². The van der Waals surface area contributed by atoms with Crippen LogP contribution in [0.4, 0.5) is 0 Å². The fraction of sp³-hybridized carbons (Fsp3) is 0.500. The van der Waals surface area contributed by atoms with Gasteiger partial charge in [0, 0.05) is 12.6 Å². The average Bonchev–Trinajstić information content (AvgIpc) is 2.72. The fourth-order valence-electron chi connectivity index (χ4n) is 1.64. The molecule has 4 heteroatoms. The van der Waals surface area contributed by atoms with Crippen molar-refractivity contribution >= 4 is 5.91 Å². The van der Waals surface area contributed by atoms with Gasteiger partial charge in [0.1, 0.15) is 0 Å². The standard InChI is InChI=1S/C10H14N2O2/c13-10(9-4-2-6-14-9)12-8-3-1-5-11-7-8/h2,4,6,8,11H,1,3,5,7H2,(H,12,13)/t8-/m0/s1. The SMILES string of the molecule is O=C(N[C@H]1CCCNC1)c1ccco1. The van der Waals surface area contributed by atoms with Gasteiger partial charge in [0.05, 0.1) is 6.26 Å². The summed E-state index contributed by atoms with van der Waals surface area (Å²) >= 11 is 0. The topological polar surface area (TPSA) is 54.3 Å². The molecule has 1 saturated heterocycles. The number of hydrogen-bond acceptors (Lipinski definition) is 3. The van der Waals surface area contributed by atoms with E-state index in [1.807, 2.05) is 0 Å². The van der Waals surface area contributed by atoms with Gasteiger partial charge in [-0.3, -0.25) is 4.79 Å². The molecule has 4 nitrogen and oxygen atoms in total. The summed E-state index contributed by atoms with van der Waals surface area (Å²) in [6.07, 6.45) is 3.66. The maximum absolute atomic E-state index is 11.5. The molecule has 0 aromatic carbocycles. The first-order chi connectivity index (χ1) is 6.86. The second-order valence-electron chi connectivity index (χ2n) is 3.49. The highest BCUT2D eigenvalue weighted by atomic mass is 16.3. The van der Waals surface area contributed by atoms with Crippen LogP contribution in [0.1, 0.15) is 23.4 Å². The first-order valence-electron chi connectivity index (χ1n) is 4.91. The first-order valence-corrected chi connectivity index (χ1v) is 4.91. The van der Waals surface area contributed by atoms with Gasteiger partial charge in [0.15, 0.2) is 5.76 Å². The smallest absolute Gasteiger partial charge is 0.287 e. The highest BCUT2D eigenvalue weighted by Gasteiger charge is 2.17. The molecule has 1 fully saturated rings. The number of rotatable bonds is 2. The molecule has 1 aromatic heterocycles. The summed E-state index contributed by atoms with van der Waals surface area (Å²) in [5.74, 6) is 0.263. The molecule has 0 unspecified atom stereocenters. The molecular weight excluding hydrogens is 180 g/mol. The second kappa shape index (κ2) is 4.28. The van der Waals surface area contributed by atoms with Gasteiger partial charge in [-0.2, -0.15) is 0 Å². The summed E-state index contributed by atoms with van der Waals surface area (Å²) in [4.78, 5) is 11.5. The molecule has 0 aliphatic carbocycles. The van der Waals surface area contributed by atoms with Crippen molar-refractivity contribution in [3.8, 4) is 0 Å². The molecule has 0 bridgehead atoms. The Balaban J connectivity index is 1.87. The van der Waals surface area contributed by atoms with Crippen LogP contribution in [0.3, 0.4) is 0 Å². The van der Waals surface area contributed by atoms with E-state index in [4.69, 9.17) is 4.42 Å². The fourth-order valence-corrected chi connectivity index (χ4v) is 1.64. The molecule has 2 rings (SSSR count). The third-order valence-corrected chi connectivity index (χ3v) is 2.38. The van der Waals surface area contributed by atoms with E-state index >= 15 is 0 Å². The number of piperidine rings is 1. The molecule has 1 aliphatic heterocycles. The van der Waals surface area contributed by atoms with E-state index in [0.29, 0.717) is 5.76 Å². The molecule has 1 aliphatic rings. The lowest BCUT2D eigenvalue weighted by Crippen LogP contribution is -2.45. The number of nitrogens with one attached hydrogen (secondary N) is 2. The lowest BCUT2D eigenvalue weighted by Gasteiger charge is -2.23. The number of hydrogen-bond donors (Lipinski definition) is 2. The third kappa shape index (κ3) is 2.14. The minimum absolute atomic E-state index is 0.122. The molecule has 14 heavy (non-hydrogen) atoms. The van der Waals surface area contributed by atoms with Gasteiger partial charge in [-0.05, 0) is 31.5 Å². The molecule has 2 N–H and O–H groups in total. The summed E-state index contributed by atoms with van der Waals surface area (Å²) in [5, 5.41) is 6.17. The first kappa shape index (κ1) is 9.27. The zero-order valence-corrected chi connectivity index (χ0v) is 7.95. The van der Waals surface area contributed by atoms with Crippen LogP contribution in [0.2, 0.25) is 0 Å². The van der Waals surface area contributed by atoms with Crippen LogP contribution in [0, 0.1) is 0 Å². The molecule has 1 amide bonds. The lowest BCUT2D eigenvalue weighted by atomic mass is 10.1. The average molecular weight is 194 g/mol. The van der Waals surface area contributed by atoms with Gasteiger partial charge in [0.2, 0.25) is 0 Å². The van der Waals surface area contributed by atoms with E-state index in [2.05, 4.69) is 10.6 Å². The van der Waals surface area contributed by atoms with E-state index in [0.717, 1.165) is 25.9 Å². The van der Waals surface area contributed by atoms with Crippen molar-refractivity contribution in [1.29, 1.82) is 0 Å². The Labute approximate surface area is 82.7 Å². The van der Waals surface area contributed by atoms with E-state index in [9.17, 15) is 4.79 Å². The summed E-state index contributed by atoms with van der Waals surface area (Å²) in [5.41, 5.74) is 0. The van der Waals surface area contributed by atoms with E-state index in [1.165, 1.54) is 6.26 Å². The van der Waals surface area contributed by atoms with Gasteiger partial charge in [-0.15, -0.1) is 0 Å². The van der Waals surface area contributed by atoms with Gasteiger partial charge >= 0.3 is 0 Å². The summed E-state index contributed by atoms with van der Waals surface area (Å²) in [6.45, 7) is 1.90. The molecular formula is C10H14N2O2. The van der Waals surface area contributed by atoms with E-state index in [-0.39, 0.29) is 11.9 Å². The van der Waals surface area contributed by atoms with Crippen LogP contribution >= 0.6 is 0 Å². The zero-order chi connectivity index (χ0) is 9.80. The predicted octanol–water partition coefficient (Wildman–Crippen LogP) is 0.761. The summed E-state index contributed by atoms with van der Waals surface area (Å²) in [7, 11) is 0. The Bertz CT molecular complexity index is 289. The van der Waals surface area contributed by atoms with Crippen LogP contribution in [0.5, 0.6) is 0 Å². The highest BCUT2D eigenvalue weighted by molar-refractivity contribution is 5.91. The Morgan fingerprint density at radius 1 is 1.64 bits per heavy atom. The molecule has 76 valence electrons. The minimum Gasteiger partial charge on any atom is -0.459 e. The molecule has 2 heterocycles. The van der Waals surface area contributed by atoms with Crippen molar-refractivity contribution in [2.75, 3.05) is 13.1 Å². The molecule has 0 saturated carbocycles. The maximum atomic E-state index is 11.5. The number of carbonyl (C=O) groups is 1. The van der Waals surface area contributed by atoms with Crippen molar-refractivity contribution in [2.45, 2.75) is 18.9 Å². The van der Waals surface area contributed by atoms with E-state index < -0.39 is 0 Å². The van der Waals surface area contributed by atoms with Gasteiger partial charge in [0.25, 0.3) is 5.91 Å².